The number of para-hydroxylation sites is 1. The van der Waals surface area contributed by atoms with Gasteiger partial charge in [0.2, 0.25) is 0 Å². The molecule has 0 N–H and O–H groups in total. The standard InChI is InChI=1S/C23H19NO3S/c25-19-14-23(27-20-5-2-1-4-18(19)20)11-12-24(15-23)22(26)17-9-7-16(8-10-17)21-6-3-13-28-21/h1-10,13H,11-12,14-15H2. The van der Waals surface area contributed by atoms with Gasteiger partial charge in [-0.1, -0.05) is 30.3 Å². The molecule has 1 spiro atoms. The maximum absolute atomic E-state index is 13.0. The first-order valence-corrected chi connectivity index (χ1v) is 10.3. The number of hydrogen-bond donors (Lipinski definition) is 0. The first kappa shape index (κ1) is 17.2. The number of benzene rings is 2. The van der Waals surface area contributed by atoms with Crippen molar-refractivity contribution in [2.75, 3.05) is 13.1 Å². The second-order valence-corrected chi connectivity index (χ2v) is 8.36. The first-order valence-electron chi connectivity index (χ1n) is 9.38. The van der Waals surface area contributed by atoms with E-state index in [0.717, 1.165) is 5.56 Å². The van der Waals surface area contributed by atoms with Gasteiger partial charge in [0.05, 0.1) is 18.5 Å². The van der Waals surface area contributed by atoms with Crippen molar-refractivity contribution >= 4 is 23.0 Å². The van der Waals surface area contributed by atoms with Gasteiger partial charge in [-0.3, -0.25) is 9.59 Å². The summed E-state index contributed by atoms with van der Waals surface area (Å²) in [4.78, 5) is 28.5. The maximum atomic E-state index is 13.0. The predicted molar refractivity (Wildman–Crippen MR) is 109 cm³/mol. The second kappa shape index (κ2) is 6.60. The lowest BCUT2D eigenvalue weighted by atomic mass is 9.89. The van der Waals surface area contributed by atoms with Crippen molar-refractivity contribution in [3.8, 4) is 16.2 Å². The normalized spacial score (nSPS) is 20.9. The minimum absolute atomic E-state index is 0.00971. The number of hydrogen-bond acceptors (Lipinski definition) is 4. The highest BCUT2D eigenvalue weighted by molar-refractivity contribution is 7.13. The Labute approximate surface area is 167 Å². The Hall–Kier alpha value is -2.92. The molecule has 2 aromatic carbocycles. The van der Waals surface area contributed by atoms with E-state index in [4.69, 9.17) is 4.74 Å². The Balaban J connectivity index is 1.33. The van der Waals surface area contributed by atoms with Crippen molar-refractivity contribution in [1.29, 1.82) is 0 Å². The zero-order chi connectivity index (χ0) is 19.1. The molecule has 1 fully saturated rings. The molecule has 3 aromatic rings. The molecule has 5 rings (SSSR count). The van der Waals surface area contributed by atoms with Crippen LogP contribution in [0.4, 0.5) is 0 Å². The molecule has 5 heteroatoms. The second-order valence-electron chi connectivity index (χ2n) is 7.41. The van der Waals surface area contributed by atoms with E-state index >= 15 is 0 Å². The minimum atomic E-state index is -0.599. The van der Waals surface area contributed by atoms with Crippen LogP contribution in [0.15, 0.2) is 66.0 Å². The zero-order valence-corrected chi connectivity index (χ0v) is 16.1. The van der Waals surface area contributed by atoms with Crippen LogP contribution in [0.2, 0.25) is 0 Å². The van der Waals surface area contributed by atoms with E-state index in [1.54, 1.807) is 22.3 Å². The summed E-state index contributed by atoms with van der Waals surface area (Å²) < 4.78 is 6.22. The molecule has 0 bridgehead atoms. The molecule has 2 aliphatic rings. The molecule has 1 saturated heterocycles. The van der Waals surface area contributed by atoms with Gasteiger partial charge >= 0.3 is 0 Å². The molecule has 0 saturated carbocycles. The van der Waals surface area contributed by atoms with Crippen molar-refractivity contribution in [1.82, 2.24) is 4.90 Å². The Morgan fingerprint density at radius 1 is 1.04 bits per heavy atom. The molecule has 140 valence electrons. The van der Waals surface area contributed by atoms with E-state index < -0.39 is 5.60 Å². The number of fused-ring (bicyclic) bond motifs is 1. The Bertz CT molecular complexity index is 1040. The topological polar surface area (TPSA) is 46.6 Å². The van der Waals surface area contributed by atoms with Crippen LogP contribution in [0.3, 0.4) is 0 Å². The molecule has 4 nitrogen and oxygen atoms in total. The van der Waals surface area contributed by atoms with Crippen molar-refractivity contribution in [2.45, 2.75) is 18.4 Å². The third kappa shape index (κ3) is 2.92. The largest absolute Gasteiger partial charge is 0.484 e. The van der Waals surface area contributed by atoms with Crippen LogP contribution in [0.5, 0.6) is 5.75 Å². The smallest absolute Gasteiger partial charge is 0.253 e. The summed E-state index contributed by atoms with van der Waals surface area (Å²) >= 11 is 1.68. The summed E-state index contributed by atoms with van der Waals surface area (Å²) in [5, 5.41) is 2.04. The number of Topliss-reactive ketones (excluding diaryl/α,β-unsaturated/α-hetero) is 1. The summed E-state index contributed by atoms with van der Waals surface area (Å²) in [6.07, 6.45) is 0.997. The van der Waals surface area contributed by atoms with E-state index in [9.17, 15) is 9.59 Å². The van der Waals surface area contributed by atoms with Crippen LogP contribution in [-0.4, -0.2) is 35.3 Å². The molecule has 28 heavy (non-hydrogen) atoms. The highest BCUT2D eigenvalue weighted by atomic mass is 32.1. The average Bonchev–Trinajstić information content (AvgIpc) is 3.38. The maximum Gasteiger partial charge on any atom is 0.253 e. The molecule has 1 aromatic heterocycles. The molecule has 0 aliphatic carbocycles. The average molecular weight is 389 g/mol. The highest BCUT2D eigenvalue weighted by Gasteiger charge is 2.46. The minimum Gasteiger partial charge on any atom is -0.484 e. The van der Waals surface area contributed by atoms with E-state index in [1.165, 1.54) is 4.88 Å². The van der Waals surface area contributed by atoms with Gasteiger partial charge in [-0.2, -0.15) is 0 Å². The number of carbonyl (C=O) groups is 2. The summed E-state index contributed by atoms with van der Waals surface area (Å²) in [7, 11) is 0. The van der Waals surface area contributed by atoms with E-state index in [0.29, 0.717) is 42.8 Å². The number of likely N-dealkylation sites (tertiary alicyclic amines) is 1. The fraction of sp³-hybridized carbons (Fsp3) is 0.217. The van der Waals surface area contributed by atoms with Gasteiger partial charge in [-0.25, -0.2) is 0 Å². The Morgan fingerprint density at radius 3 is 2.64 bits per heavy atom. The molecular weight excluding hydrogens is 370 g/mol. The summed E-state index contributed by atoms with van der Waals surface area (Å²) in [6, 6.07) is 19.2. The van der Waals surface area contributed by atoms with Crippen LogP contribution in [0.1, 0.15) is 33.6 Å². The van der Waals surface area contributed by atoms with E-state index in [-0.39, 0.29) is 11.7 Å². The molecule has 3 heterocycles. The zero-order valence-electron chi connectivity index (χ0n) is 15.3. The van der Waals surface area contributed by atoms with Gasteiger partial charge in [-0.15, -0.1) is 11.3 Å². The van der Waals surface area contributed by atoms with Gasteiger partial charge in [0.15, 0.2) is 5.78 Å². The molecule has 0 radical (unpaired) electrons. The monoisotopic (exact) mass is 389 g/mol. The van der Waals surface area contributed by atoms with E-state index in [1.807, 2.05) is 53.9 Å². The van der Waals surface area contributed by atoms with Crippen molar-refractivity contribution in [2.24, 2.45) is 0 Å². The lowest BCUT2D eigenvalue weighted by Gasteiger charge is -2.34. The molecular formula is C23H19NO3S. The van der Waals surface area contributed by atoms with Crippen molar-refractivity contribution < 1.29 is 14.3 Å². The number of nitrogens with zero attached hydrogens (tertiary/aromatic N) is 1. The van der Waals surface area contributed by atoms with Crippen LogP contribution >= 0.6 is 11.3 Å². The lowest BCUT2D eigenvalue weighted by molar-refractivity contribution is 0.0428. The summed E-state index contributed by atoms with van der Waals surface area (Å²) in [6.45, 7) is 1.04. The molecule has 1 amide bonds. The van der Waals surface area contributed by atoms with Gasteiger partial charge in [0, 0.05) is 23.4 Å². The molecule has 1 atom stereocenters. The fourth-order valence-electron chi connectivity index (χ4n) is 4.09. The van der Waals surface area contributed by atoms with Gasteiger partial charge < -0.3 is 9.64 Å². The Morgan fingerprint density at radius 2 is 1.86 bits per heavy atom. The van der Waals surface area contributed by atoms with Crippen molar-refractivity contribution in [3.63, 3.8) is 0 Å². The van der Waals surface area contributed by atoms with Crippen LogP contribution in [-0.2, 0) is 0 Å². The third-order valence-electron chi connectivity index (χ3n) is 5.54. The summed E-state index contributed by atoms with van der Waals surface area (Å²) in [5.41, 5.74) is 1.82. The van der Waals surface area contributed by atoms with Crippen LogP contribution < -0.4 is 4.74 Å². The Kier molecular flexibility index (Phi) is 4.05. The van der Waals surface area contributed by atoms with Crippen LogP contribution in [0.25, 0.3) is 10.4 Å². The SMILES string of the molecule is O=C1CC2(CCN(C(=O)c3ccc(-c4cccs4)cc3)C2)Oc2ccccc21. The van der Waals surface area contributed by atoms with Gasteiger partial charge in [0.25, 0.3) is 5.91 Å². The quantitative estimate of drug-likeness (QED) is 0.640. The third-order valence-corrected chi connectivity index (χ3v) is 6.46. The number of rotatable bonds is 2. The van der Waals surface area contributed by atoms with Gasteiger partial charge in [0.1, 0.15) is 11.4 Å². The highest BCUT2D eigenvalue weighted by Crippen LogP contribution is 2.39. The molecule has 1 unspecified atom stereocenters. The first-order chi connectivity index (χ1) is 13.6. The number of ketones is 1. The van der Waals surface area contributed by atoms with Crippen molar-refractivity contribution in [3.05, 3.63) is 77.2 Å². The lowest BCUT2D eigenvalue weighted by Crippen LogP contribution is -2.45. The van der Waals surface area contributed by atoms with Crippen LogP contribution in [0, 0.1) is 0 Å². The van der Waals surface area contributed by atoms with E-state index in [2.05, 4.69) is 6.07 Å². The predicted octanol–water partition coefficient (Wildman–Crippen LogP) is 4.67. The fourth-order valence-corrected chi connectivity index (χ4v) is 4.82. The van der Waals surface area contributed by atoms with Gasteiger partial charge in [-0.05, 0) is 41.3 Å². The number of thiophene rings is 1. The molecule has 2 aliphatic heterocycles. The number of amides is 1. The summed E-state index contributed by atoms with van der Waals surface area (Å²) in [5.74, 6) is 0.717. The number of carbonyl (C=O) groups excluding carboxylic acids is 2. The number of ether oxygens (including phenoxy) is 1.